The van der Waals surface area contributed by atoms with E-state index in [1.54, 1.807) is 12.4 Å². The molecule has 116 valence electrons. The average Bonchev–Trinajstić information content (AvgIpc) is 2.58. The fourth-order valence-corrected chi connectivity index (χ4v) is 2.82. The molecule has 2 N–H and O–H groups in total. The van der Waals surface area contributed by atoms with Gasteiger partial charge in [-0.3, -0.25) is 9.78 Å². The van der Waals surface area contributed by atoms with Crippen LogP contribution in [-0.4, -0.2) is 28.4 Å². The minimum absolute atomic E-state index is 0.00592. The molecule has 1 unspecified atom stereocenters. The second kappa shape index (κ2) is 9.23. The highest BCUT2D eigenvalue weighted by atomic mass is 32.2. The number of aromatic nitrogens is 1. The molecule has 0 aliphatic heterocycles. The Kier molecular flexibility index (Phi) is 6.93. The van der Waals surface area contributed by atoms with Crippen molar-refractivity contribution < 1.29 is 9.90 Å². The van der Waals surface area contributed by atoms with Crippen LogP contribution in [0.4, 0.5) is 0 Å². The van der Waals surface area contributed by atoms with Gasteiger partial charge < -0.3 is 10.4 Å². The highest BCUT2D eigenvalue weighted by Crippen LogP contribution is 2.20. The molecular formula is C17H20N2O2S. The molecule has 0 aliphatic rings. The van der Waals surface area contributed by atoms with E-state index in [4.69, 9.17) is 5.11 Å². The number of benzene rings is 1. The van der Waals surface area contributed by atoms with E-state index in [-0.39, 0.29) is 18.6 Å². The zero-order chi connectivity index (χ0) is 15.6. The Bertz CT molecular complexity index is 563. The summed E-state index contributed by atoms with van der Waals surface area (Å²) in [6.07, 6.45) is 4.83. The van der Waals surface area contributed by atoms with Gasteiger partial charge in [-0.2, -0.15) is 0 Å². The number of amides is 1. The highest BCUT2D eigenvalue weighted by Gasteiger charge is 2.14. The third kappa shape index (κ3) is 5.50. The Morgan fingerprint density at radius 1 is 1.18 bits per heavy atom. The molecule has 2 aromatic rings. The molecule has 0 spiro atoms. The molecule has 0 aliphatic carbocycles. The molecule has 0 saturated heterocycles. The Morgan fingerprint density at radius 2 is 1.91 bits per heavy atom. The first-order valence-corrected chi connectivity index (χ1v) is 8.26. The summed E-state index contributed by atoms with van der Waals surface area (Å²) < 4.78 is 0. The van der Waals surface area contributed by atoms with Crippen LogP contribution in [0.15, 0.2) is 59.8 Å². The Balaban J connectivity index is 1.90. The summed E-state index contributed by atoms with van der Waals surface area (Å²) in [5, 5.41) is 12.1. The molecule has 1 aromatic carbocycles. The van der Waals surface area contributed by atoms with E-state index >= 15 is 0 Å². The summed E-state index contributed by atoms with van der Waals surface area (Å²) in [5.41, 5.74) is 1.07. The van der Waals surface area contributed by atoms with E-state index in [1.807, 2.05) is 42.5 Å². The number of thioether (sulfide) groups is 1. The molecular weight excluding hydrogens is 296 g/mol. The van der Waals surface area contributed by atoms with Crippen molar-refractivity contribution in [2.24, 2.45) is 0 Å². The van der Waals surface area contributed by atoms with Gasteiger partial charge in [-0.25, -0.2) is 0 Å². The summed E-state index contributed by atoms with van der Waals surface area (Å²) >= 11 is 1.49. The van der Waals surface area contributed by atoms with Gasteiger partial charge in [0.2, 0.25) is 5.91 Å². The van der Waals surface area contributed by atoms with Crippen LogP contribution < -0.4 is 5.32 Å². The number of rotatable bonds is 8. The van der Waals surface area contributed by atoms with Crippen molar-refractivity contribution in [3.8, 4) is 0 Å². The van der Waals surface area contributed by atoms with Gasteiger partial charge in [0.15, 0.2) is 0 Å². The fourth-order valence-electron chi connectivity index (χ4n) is 2.12. The van der Waals surface area contributed by atoms with Crippen molar-refractivity contribution >= 4 is 17.7 Å². The summed E-state index contributed by atoms with van der Waals surface area (Å²) in [7, 11) is 0. The van der Waals surface area contributed by atoms with E-state index in [2.05, 4.69) is 10.3 Å². The smallest absolute Gasteiger partial charge is 0.230 e. The molecule has 0 fully saturated rings. The van der Waals surface area contributed by atoms with E-state index in [0.717, 1.165) is 16.9 Å². The van der Waals surface area contributed by atoms with Gasteiger partial charge in [-0.05, 0) is 30.5 Å². The fraction of sp³-hybridized carbons (Fsp3) is 0.294. The van der Waals surface area contributed by atoms with Crippen molar-refractivity contribution in [2.45, 2.75) is 23.8 Å². The lowest BCUT2D eigenvalue weighted by Gasteiger charge is -2.19. The first-order valence-electron chi connectivity index (χ1n) is 7.27. The molecule has 0 bridgehead atoms. The van der Waals surface area contributed by atoms with Gasteiger partial charge in [0.1, 0.15) is 0 Å². The quantitative estimate of drug-likeness (QED) is 0.735. The van der Waals surface area contributed by atoms with Gasteiger partial charge in [0.25, 0.3) is 0 Å². The number of nitrogens with one attached hydrogen (secondary N) is 1. The topological polar surface area (TPSA) is 62.2 Å². The number of pyridine rings is 1. The predicted molar refractivity (Wildman–Crippen MR) is 88.6 cm³/mol. The van der Waals surface area contributed by atoms with Crippen LogP contribution >= 0.6 is 11.8 Å². The van der Waals surface area contributed by atoms with Gasteiger partial charge in [0, 0.05) is 23.9 Å². The predicted octanol–water partition coefficient (Wildman–Crippen LogP) is 2.80. The van der Waals surface area contributed by atoms with E-state index in [0.29, 0.717) is 12.2 Å². The number of carbonyl (C=O) groups excluding carboxylic acids is 1. The van der Waals surface area contributed by atoms with Crippen molar-refractivity contribution in [3.63, 3.8) is 0 Å². The first-order chi connectivity index (χ1) is 10.8. The molecule has 5 heteroatoms. The molecule has 2 rings (SSSR count). The maximum atomic E-state index is 12.2. The normalized spacial score (nSPS) is 11.9. The summed E-state index contributed by atoms with van der Waals surface area (Å²) in [5.74, 6) is 0.362. The second-order valence-corrected chi connectivity index (χ2v) is 5.92. The molecule has 22 heavy (non-hydrogen) atoms. The number of aliphatic hydroxyl groups excluding tert-OH is 1. The number of hydrogen-bond acceptors (Lipinski definition) is 4. The number of hydrogen-bond donors (Lipinski definition) is 2. The van der Waals surface area contributed by atoms with E-state index < -0.39 is 0 Å². The van der Waals surface area contributed by atoms with Crippen LogP contribution in [0.5, 0.6) is 0 Å². The lowest BCUT2D eigenvalue weighted by molar-refractivity contribution is -0.119. The molecule has 0 saturated carbocycles. The lowest BCUT2D eigenvalue weighted by Crippen LogP contribution is -2.30. The zero-order valence-corrected chi connectivity index (χ0v) is 13.1. The van der Waals surface area contributed by atoms with Gasteiger partial charge in [-0.15, -0.1) is 11.8 Å². The van der Waals surface area contributed by atoms with Gasteiger partial charge in [0.05, 0.1) is 11.8 Å². The Labute approximate surface area is 135 Å². The van der Waals surface area contributed by atoms with E-state index in [9.17, 15) is 4.79 Å². The molecule has 1 atom stereocenters. The van der Waals surface area contributed by atoms with Crippen molar-refractivity contribution in [1.29, 1.82) is 0 Å². The molecule has 0 radical (unpaired) electrons. The Hall–Kier alpha value is -1.85. The van der Waals surface area contributed by atoms with Crippen LogP contribution in [-0.2, 0) is 4.79 Å². The molecule has 1 aromatic heterocycles. The maximum absolute atomic E-state index is 12.2. The molecule has 4 nitrogen and oxygen atoms in total. The van der Waals surface area contributed by atoms with Crippen LogP contribution in [0.2, 0.25) is 0 Å². The minimum Gasteiger partial charge on any atom is -0.396 e. The van der Waals surface area contributed by atoms with Crippen LogP contribution in [0, 0.1) is 0 Å². The van der Waals surface area contributed by atoms with Crippen LogP contribution in [0.25, 0.3) is 0 Å². The maximum Gasteiger partial charge on any atom is 0.230 e. The zero-order valence-electron chi connectivity index (χ0n) is 12.3. The van der Waals surface area contributed by atoms with E-state index in [1.165, 1.54) is 11.8 Å². The standard InChI is InChI=1S/C17H20N2O2S/c20-12-4-7-16(14-5-2-1-3-6-14)19-17(21)13-22-15-8-10-18-11-9-15/h1-3,5-6,8-11,16,20H,4,7,12-13H2,(H,19,21). The first kappa shape index (κ1) is 16.5. The largest absolute Gasteiger partial charge is 0.396 e. The van der Waals surface area contributed by atoms with Gasteiger partial charge in [-0.1, -0.05) is 30.3 Å². The summed E-state index contributed by atoms with van der Waals surface area (Å²) in [6.45, 7) is 0.130. The molecule has 1 amide bonds. The summed E-state index contributed by atoms with van der Waals surface area (Å²) in [6, 6.07) is 13.6. The highest BCUT2D eigenvalue weighted by molar-refractivity contribution is 8.00. The number of aliphatic hydroxyl groups is 1. The lowest BCUT2D eigenvalue weighted by atomic mass is 10.0. The minimum atomic E-state index is -0.0566. The monoisotopic (exact) mass is 316 g/mol. The Morgan fingerprint density at radius 3 is 2.59 bits per heavy atom. The number of carbonyl (C=O) groups is 1. The van der Waals surface area contributed by atoms with Crippen molar-refractivity contribution in [1.82, 2.24) is 10.3 Å². The summed E-state index contributed by atoms with van der Waals surface area (Å²) in [4.78, 5) is 17.1. The van der Waals surface area contributed by atoms with Crippen LogP contribution in [0.3, 0.4) is 0 Å². The van der Waals surface area contributed by atoms with Crippen molar-refractivity contribution in [3.05, 3.63) is 60.4 Å². The SMILES string of the molecule is O=C(CSc1ccncc1)NC(CCCO)c1ccccc1. The number of nitrogens with zero attached hydrogens (tertiary/aromatic N) is 1. The van der Waals surface area contributed by atoms with Crippen LogP contribution in [0.1, 0.15) is 24.4 Å². The van der Waals surface area contributed by atoms with Gasteiger partial charge >= 0.3 is 0 Å². The average molecular weight is 316 g/mol. The third-order valence-electron chi connectivity index (χ3n) is 3.21. The molecule has 1 heterocycles. The third-order valence-corrected chi connectivity index (χ3v) is 4.22. The second-order valence-electron chi connectivity index (χ2n) is 4.87. The van der Waals surface area contributed by atoms with Crippen molar-refractivity contribution in [2.75, 3.05) is 12.4 Å².